The summed E-state index contributed by atoms with van der Waals surface area (Å²) in [6.45, 7) is 9.97. The van der Waals surface area contributed by atoms with Crippen molar-refractivity contribution >= 4 is 5.70 Å². The molecule has 2 nitrogen and oxygen atoms in total. The molecule has 0 bridgehead atoms. The number of hydrogen-bond donors (Lipinski definition) is 0. The third-order valence-corrected chi connectivity index (χ3v) is 3.77. The lowest BCUT2D eigenvalue weighted by molar-refractivity contribution is 0.310. The van der Waals surface area contributed by atoms with Gasteiger partial charge in [0.15, 0.2) is 0 Å². The second-order valence-corrected chi connectivity index (χ2v) is 5.08. The zero-order valence-corrected chi connectivity index (χ0v) is 11.4. The minimum absolute atomic E-state index is 0.165. The first kappa shape index (κ1) is 13.1. The van der Waals surface area contributed by atoms with Gasteiger partial charge in [0, 0.05) is 23.8 Å². The number of likely N-dealkylation sites (N-methyl/N-ethyl adjacent to an activating group) is 1. The summed E-state index contributed by atoms with van der Waals surface area (Å²) < 4.78 is 14.0. The molecular formula is C15H21FN2. The van der Waals surface area contributed by atoms with E-state index in [1.54, 1.807) is 6.07 Å². The average molecular weight is 248 g/mol. The second-order valence-electron chi connectivity index (χ2n) is 5.08. The maximum Gasteiger partial charge on any atom is 0.132 e. The van der Waals surface area contributed by atoms with Crippen LogP contribution in [0.1, 0.15) is 25.0 Å². The van der Waals surface area contributed by atoms with Crippen molar-refractivity contribution in [2.24, 2.45) is 0 Å². The predicted molar refractivity (Wildman–Crippen MR) is 73.6 cm³/mol. The van der Waals surface area contributed by atoms with Gasteiger partial charge in [-0.05, 0) is 38.1 Å². The van der Waals surface area contributed by atoms with Gasteiger partial charge >= 0.3 is 0 Å². The number of halogens is 1. The van der Waals surface area contributed by atoms with Crippen LogP contribution in [0.5, 0.6) is 0 Å². The number of nitrogens with zero attached hydrogens (tertiary/aromatic N) is 2. The van der Waals surface area contributed by atoms with Crippen LogP contribution in [0.3, 0.4) is 0 Å². The van der Waals surface area contributed by atoms with Crippen molar-refractivity contribution in [2.45, 2.75) is 26.3 Å². The van der Waals surface area contributed by atoms with Crippen LogP contribution in [-0.2, 0) is 6.42 Å². The molecule has 1 aromatic carbocycles. The maximum absolute atomic E-state index is 14.0. The Morgan fingerprint density at radius 1 is 1.50 bits per heavy atom. The number of aryl methyl sites for hydroxylation is 1. The monoisotopic (exact) mass is 248 g/mol. The van der Waals surface area contributed by atoms with Gasteiger partial charge in [-0.3, -0.25) is 4.90 Å². The molecule has 0 radical (unpaired) electrons. The lowest BCUT2D eigenvalue weighted by atomic mass is 10.1. The van der Waals surface area contributed by atoms with Crippen LogP contribution in [0, 0.1) is 5.82 Å². The fourth-order valence-corrected chi connectivity index (χ4v) is 2.30. The van der Waals surface area contributed by atoms with E-state index in [1.807, 2.05) is 19.1 Å². The fourth-order valence-electron chi connectivity index (χ4n) is 2.30. The Balaban J connectivity index is 2.19. The molecule has 1 aliphatic heterocycles. The highest BCUT2D eigenvalue weighted by Crippen LogP contribution is 2.25. The van der Waals surface area contributed by atoms with Gasteiger partial charge in [0.2, 0.25) is 0 Å². The summed E-state index contributed by atoms with van der Waals surface area (Å²) in [5.74, 6) is -0.165. The minimum Gasteiger partial charge on any atom is -0.357 e. The zero-order chi connectivity index (χ0) is 13.3. The van der Waals surface area contributed by atoms with Crippen molar-refractivity contribution in [1.82, 2.24) is 9.80 Å². The highest BCUT2D eigenvalue weighted by Gasteiger charge is 2.25. The highest BCUT2D eigenvalue weighted by molar-refractivity contribution is 5.63. The molecule has 1 saturated heterocycles. The molecule has 0 spiro atoms. The molecule has 1 aromatic rings. The molecule has 0 amide bonds. The Morgan fingerprint density at radius 3 is 2.72 bits per heavy atom. The predicted octanol–water partition coefficient (Wildman–Crippen LogP) is 2.95. The van der Waals surface area contributed by atoms with E-state index in [4.69, 9.17) is 0 Å². The average Bonchev–Trinajstić information content (AvgIpc) is 2.68. The van der Waals surface area contributed by atoms with E-state index in [0.717, 1.165) is 30.9 Å². The molecule has 0 aromatic heterocycles. The van der Waals surface area contributed by atoms with E-state index < -0.39 is 0 Å². The Hall–Kier alpha value is -1.35. The molecule has 0 N–H and O–H groups in total. The summed E-state index contributed by atoms with van der Waals surface area (Å²) in [6.07, 6.45) is 0.854. The van der Waals surface area contributed by atoms with Gasteiger partial charge in [0.05, 0.1) is 6.67 Å². The van der Waals surface area contributed by atoms with Crippen LogP contribution in [0.15, 0.2) is 24.8 Å². The lowest BCUT2D eigenvalue weighted by Crippen LogP contribution is -2.23. The van der Waals surface area contributed by atoms with Crippen LogP contribution in [0.2, 0.25) is 0 Å². The number of rotatable bonds is 3. The van der Waals surface area contributed by atoms with Gasteiger partial charge in [0.1, 0.15) is 5.82 Å². The normalized spacial score (nSPS) is 20.4. The van der Waals surface area contributed by atoms with Gasteiger partial charge in [0.25, 0.3) is 0 Å². The fraction of sp³-hybridized carbons (Fsp3) is 0.467. The van der Waals surface area contributed by atoms with Crippen LogP contribution in [0.25, 0.3) is 5.70 Å². The standard InChI is InChI=1S/C15H21FN2/c1-5-13-6-7-14(15(16)8-13)12(3)18-9-11(2)17(4)10-18/h6-8,11H,3,5,9-10H2,1-2,4H3. The minimum atomic E-state index is -0.165. The van der Waals surface area contributed by atoms with Crippen molar-refractivity contribution in [2.75, 3.05) is 20.3 Å². The van der Waals surface area contributed by atoms with Crippen molar-refractivity contribution < 1.29 is 4.39 Å². The first-order chi connectivity index (χ1) is 8.52. The molecule has 0 saturated carbocycles. The van der Waals surface area contributed by atoms with Crippen LogP contribution < -0.4 is 0 Å². The SMILES string of the molecule is C=C(c1ccc(CC)cc1F)N1CC(C)N(C)C1. The smallest absolute Gasteiger partial charge is 0.132 e. The molecule has 1 aliphatic rings. The lowest BCUT2D eigenvalue weighted by Gasteiger charge is -2.21. The Morgan fingerprint density at radius 2 is 2.22 bits per heavy atom. The summed E-state index contributed by atoms with van der Waals surface area (Å²) in [5, 5.41) is 0. The molecule has 3 heteroatoms. The van der Waals surface area contributed by atoms with E-state index >= 15 is 0 Å². The summed E-state index contributed by atoms with van der Waals surface area (Å²) in [6, 6.07) is 5.93. The van der Waals surface area contributed by atoms with Crippen molar-refractivity contribution in [3.05, 3.63) is 41.7 Å². The van der Waals surface area contributed by atoms with E-state index in [9.17, 15) is 4.39 Å². The largest absolute Gasteiger partial charge is 0.357 e. The Labute approximate surface area is 109 Å². The third-order valence-electron chi connectivity index (χ3n) is 3.77. The molecule has 1 heterocycles. The molecule has 2 rings (SSSR count). The van der Waals surface area contributed by atoms with Gasteiger partial charge in [-0.1, -0.05) is 19.6 Å². The van der Waals surface area contributed by atoms with Crippen LogP contribution in [0.4, 0.5) is 4.39 Å². The molecule has 98 valence electrons. The van der Waals surface area contributed by atoms with E-state index in [-0.39, 0.29) is 5.82 Å². The third kappa shape index (κ3) is 2.41. The molecule has 1 fully saturated rings. The quantitative estimate of drug-likeness (QED) is 0.811. The maximum atomic E-state index is 14.0. The molecular weight excluding hydrogens is 227 g/mol. The second kappa shape index (κ2) is 5.11. The van der Waals surface area contributed by atoms with Crippen LogP contribution in [-0.4, -0.2) is 36.1 Å². The topological polar surface area (TPSA) is 6.48 Å². The highest BCUT2D eigenvalue weighted by atomic mass is 19.1. The summed E-state index contributed by atoms with van der Waals surface area (Å²) in [4.78, 5) is 4.37. The Bertz CT molecular complexity index is 446. The van der Waals surface area contributed by atoms with Gasteiger partial charge in [-0.2, -0.15) is 0 Å². The van der Waals surface area contributed by atoms with Gasteiger partial charge < -0.3 is 4.90 Å². The van der Waals surface area contributed by atoms with Crippen molar-refractivity contribution in [3.8, 4) is 0 Å². The molecule has 1 unspecified atom stereocenters. The number of hydrogen-bond acceptors (Lipinski definition) is 2. The van der Waals surface area contributed by atoms with Crippen molar-refractivity contribution in [1.29, 1.82) is 0 Å². The first-order valence-corrected chi connectivity index (χ1v) is 6.45. The summed E-state index contributed by atoms with van der Waals surface area (Å²) in [5.41, 5.74) is 2.43. The summed E-state index contributed by atoms with van der Waals surface area (Å²) in [7, 11) is 2.08. The summed E-state index contributed by atoms with van der Waals surface area (Å²) >= 11 is 0. The van der Waals surface area contributed by atoms with E-state index in [0.29, 0.717) is 11.6 Å². The number of benzene rings is 1. The molecule has 1 atom stereocenters. The van der Waals surface area contributed by atoms with E-state index in [1.165, 1.54) is 0 Å². The van der Waals surface area contributed by atoms with Gasteiger partial charge in [-0.15, -0.1) is 0 Å². The van der Waals surface area contributed by atoms with E-state index in [2.05, 4.69) is 30.4 Å². The molecule has 0 aliphatic carbocycles. The van der Waals surface area contributed by atoms with Crippen LogP contribution >= 0.6 is 0 Å². The Kier molecular flexibility index (Phi) is 3.71. The first-order valence-electron chi connectivity index (χ1n) is 6.45. The molecule has 18 heavy (non-hydrogen) atoms. The van der Waals surface area contributed by atoms with Crippen molar-refractivity contribution in [3.63, 3.8) is 0 Å². The van der Waals surface area contributed by atoms with Gasteiger partial charge in [-0.25, -0.2) is 4.39 Å². The zero-order valence-electron chi connectivity index (χ0n) is 11.4.